The number of carbonyl (C=O) groups is 1. The summed E-state index contributed by atoms with van der Waals surface area (Å²) < 4.78 is 42.6. The number of para-hydroxylation sites is 1. The van der Waals surface area contributed by atoms with Gasteiger partial charge in [-0.2, -0.15) is 18.3 Å². The predicted octanol–water partition coefficient (Wildman–Crippen LogP) is 6.32. The Hall–Kier alpha value is -3.00. The first-order valence-corrected chi connectivity index (χ1v) is 10.6. The van der Waals surface area contributed by atoms with Crippen LogP contribution in [0.25, 0.3) is 0 Å². The molecule has 2 N–H and O–H groups in total. The lowest BCUT2D eigenvalue weighted by Crippen LogP contribution is -2.35. The topological polar surface area (TPSA) is 59.0 Å². The van der Waals surface area contributed by atoms with E-state index in [9.17, 15) is 18.0 Å². The second kappa shape index (κ2) is 8.50. The summed E-state index contributed by atoms with van der Waals surface area (Å²) >= 11 is 6.40. The number of halogens is 4. The van der Waals surface area contributed by atoms with Crippen molar-refractivity contribution in [2.24, 2.45) is 0 Å². The molecule has 0 unspecified atom stereocenters. The molecule has 1 amide bonds. The molecule has 0 radical (unpaired) electrons. The van der Waals surface area contributed by atoms with Crippen LogP contribution in [0.5, 0.6) is 0 Å². The van der Waals surface area contributed by atoms with Gasteiger partial charge in [0.1, 0.15) is 10.8 Å². The smallest absolute Gasteiger partial charge is 0.362 e. The molecule has 2 atom stereocenters. The summed E-state index contributed by atoms with van der Waals surface area (Å²) in [6.07, 6.45) is -4.14. The van der Waals surface area contributed by atoms with Crippen LogP contribution in [0.3, 0.4) is 0 Å². The van der Waals surface area contributed by atoms with Crippen LogP contribution < -0.4 is 10.6 Å². The number of fused-ring (bicyclic) bond motifs is 1. The Balaban J connectivity index is 1.70. The minimum Gasteiger partial charge on any atom is -0.362 e. The van der Waals surface area contributed by atoms with Gasteiger partial charge in [-0.3, -0.25) is 4.79 Å². The standard InChI is InChI=1S/C23H22ClF3N4O/c1-3-14-6-4-5-7-16(14)29-22(32)20-19(24)21-28-17(15-10-8-13(2)9-11-15)12-18(23(25,26)27)31(21)30-20/h4-11,17-18,28H,3,12H2,1-2H3,(H,29,32)/t17-,18+/m1/s1. The lowest BCUT2D eigenvalue weighted by Gasteiger charge is -2.33. The number of amides is 1. The van der Waals surface area contributed by atoms with E-state index in [0.29, 0.717) is 17.7 Å². The quantitative estimate of drug-likeness (QED) is 0.477. The Kier molecular flexibility index (Phi) is 5.90. The maximum absolute atomic E-state index is 13.9. The Bertz CT molecular complexity index is 1140. The van der Waals surface area contributed by atoms with Gasteiger partial charge < -0.3 is 10.6 Å². The van der Waals surface area contributed by atoms with E-state index < -0.39 is 24.2 Å². The molecule has 9 heteroatoms. The number of hydrogen-bond acceptors (Lipinski definition) is 3. The number of hydrogen-bond donors (Lipinski definition) is 2. The van der Waals surface area contributed by atoms with Gasteiger partial charge in [0.15, 0.2) is 11.7 Å². The molecule has 5 nitrogen and oxygen atoms in total. The van der Waals surface area contributed by atoms with Crippen molar-refractivity contribution in [2.75, 3.05) is 10.6 Å². The highest BCUT2D eigenvalue weighted by atomic mass is 35.5. The minimum atomic E-state index is -4.56. The average molecular weight is 463 g/mol. The van der Waals surface area contributed by atoms with E-state index >= 15 is 0 Å². The predicted molar refractivity (Wildman–Crippen MR) is 118 cm³/mol. The molecule has 0 bridgehead atoms. The fourth-order valence-corrected chi connectivity index (χ4v) is 4.15. The van der Waals surface area contributed by atoms with Crippen molar-refractivity contribution in [3.8, 4) is 0 Å². The highest BCUT2D eigenvalue weighted by Gasteiger charge is 2.47. The molecular formula is C23H22ClF3N4O. The first-order chi connectivity index (χ1) is 15.2. The Morgan fingerprint density at radius 3 is 2.56 bits per heavy atom. The molecule has 0 aliphatic carbocycles. The summed E-state index contributed by atoms with van der Waals surface area (Å²) in [6.45, 7) is 3.85. The number of alkyl halides is 3. The Labute approximate surface area is 188 Å². The van der Waals surface area contributed by atoms with Crippen LogP contribution >= 0.6 is 11.6 Å². The van der Waals surface area contributed by atoms with Crippen molar-refractivity contribution in [1.82, 2.24) is 9.78 Å². The molecule has 1 aliphatic rings. The summed E-state index contributed by atoms with van der Waals surface area (Å²) in [5.74, 6) is -0.674. The lowest BCUT2D eigenvalue weighted by molar-refractivity contribution is -0.173. The number of nitrogens with one attached hydrogen (secondary N) is 2. The molecule has 1 aliphatic heterocycles. The van der Waals surface area contributed by atoms with E-state index in [0.717, 1.165) is 15.8 Å². The number of nitrogens with zero attached hydrogens (tertiary/aromatic N) is 2. The molecule has 168 valence electrons. The normalized spacial score (nSPS) is 18.1. The van der Waals surface area contributed by atoms with E-state index in [4.69, 9.17) is 11.6 Å². The third kappa shape index (κ3) is 4.19. The van der Waals surface area contributed by atoms with Gasteiger partial charge in [0.2, 0.25) is 0 Å². The summed E-state index contributed by atoms with van der Waals surface area (Å²) in [4.78, 5) is 12.9. The van der Waals surface area contributed by atoms with E-state index in [-0.39, 0.29) is 23.0 Å². The molecule has 2 aromatic carbocycles. The Morgan fingerprint density at radius 1 is 1.22 bits per heavy atom. The van der Waals surface area contributed by atoms with Gasteiger partial charge >= 0.3 is 6.18 Å². The number of benzene rings is 2. The van der Waals surface area contributed by atoms with Crippen LogP contribution in [-0.2, 0) is 6.42 Å². The lowest BCUT2D eigenvalue weighted by atomic mass is 9.96. The van der Waals surface area contributed by atoms with Crippen molar-refractivity contribution in [1.29, 1.82) is 0 Å². The van der Waals surface area contributed by atoms with Gasteiger partial charge in [-0.05, 0) is 30.5 Å². The van der Waals surface area contributed by atoms with Gasteiger partial charge in [-0.15, -0.1) is 0 Å². The van der Waals surface area contributed by atoms with Gasteiger partial charge in [-0.25, -0.2) is 4.68 Å². The number of anilines is 2. The zero-order chi connectivity index (χ0) is 23.0. The monoisotopic (exact) mass is 462 g/mol. The molecule has 1 aromatic heterocycles. The second-order valence-corrected chi connectivity index (χ2v) is 8.20. The molecule has 0 saturated heterocycles. The van der Waals surface area contributed by atoms with Crippen molar-refractivity contribution in [3.63, 3.8) is 0 Å². The van der Waals surface area contributed by atoms with Gasteiger partial charge in [-0.1, -0.05) is 66.6 Å². The molecule has 2 heterocycles. The van der Waals surface area contributed by atoms with Gasteiger partial charge in [0.05, 0.1) is 6.04 Å². The summed E-state index contributed by atoms with van der Waals surface area (Å²) in [5, 5.41) is 9.62. The van der Waals surface area contributed by atoms with Gasteiger partial charge in [0.25, 0.3) is 5.91 Å². The highest BCUT2D eigenvalue weighted by molar-refractivity contribution is 6.36. The van der Waals surface area contributed by atoms with Gasteiger partial charge in [0, 0.05) is 12.1 Å². The number of aromatic nitrogens is 2. The van der Waals surface area contributed by atoms with Crippen LogP contribution in [0.2, 0.25) is 5.02 Å². The molecule has 4 rings (SSSR count). The fraction of sp³-hybridized carbons (Fsp3) is 0.304. The van der Waals surface area contributed by atoms with E-state index in [1.54, 1.807) is 24.3 Å². The summed E-state index contributed by atoms with van der Waals surface area (Å²) in [6, 6.07) is 11.9. The SMILES string of the molecule is CCc1ccccc1NC(=O)c1nn2c(c1Cl)N[C@@H](c1ccc(C)cc1)C[C@H]2C(F)(F)F. The first-order valence-electron chi connectivity index (χ1n) is 10.3. The fourth-order valence-electron chi connectivity index (χ4n) is 3.88. The Morgan fingerprint density at radius 2 is 1.91 bits per heavy atom. The molecule has 0 saturated carbocycles. The van der Waals surface area contributed by atoms with Crippen LogP contribution in [0.4, 0.5) is 24.7 Å². The number of aryl methyl sites for hydroxylation is 2. The largest absolute Gasteiger partial charge is 0.410 e. The third-order valence-electron chi connectivity index (χ3n) is 5.64. The zero-order valence-electron chi connectivity index (χ0n) is 17.5. The first kappa shape index (κ1) is 22.2. The van der Waals surface area contributed by atoms with Crippen LogP contribution in [0.1, 0.15) is 52.6 Å². The number of carbonyl (C=O) groups excluding carboxylic acids is 1. The van der Waals surface area contributed by atoms with Crippen molar-refractivity contribution >= 4 is 29.0 Å². The molecule has 0 spiro atoms. The van der Waals surface area contributed by atoms with E-state index in [2.05, 4.69) is 15.7 Å². The average Bonchev–Trinajstić information content (AvgIpc) is 3.10. The molecule has 32 heavy (non-hydrogen) atoms. The van der Waals surface area contributed by atoms with Crippen molar-refractivity contribution in [2.45, 2.75) is 44.9 Å². The van der Waals surface area contributed by atoms with Crippen molar-refractivity contribution in [3.05, 3.63) is 75.9 Å². The number of rotatable bonds is 4. The highest BCUT2D eigenvalue weighted by Crippen LogP contribution is 2.46. The van der Waals surface area contributed by atoms with E-state index in [1.807, 2.05) is 38.1 Å². The maximum Gasteiger partial charge on any atom is 0.410 e. The minimum absolute atomic E-state index is 0.0141. The maximum atomic E-state index is 13.9. The summed E-state index contributed by atoms with van der Waals surface area (Å²) in [5.41, 5.74) is 2.92. The molecular weight excluding hydrogens is 441 g/mol. The molecule has 0 fully saturated rings. The third-order valence-corrected chi connectivity index (χ3v) is 5.99. The second-order valence-electron chi connectivity index (χ2n) is 7.82. The summed E-state index contributed by atoms with van der Waals surface area (Å²) in [7, 11) is 0. The molecule has 3 aromatic rings. The zero-order valence-corrected chi connectivity index (χ0v) is 18.3. The van der Waals surface area contributed by atoms with E-state index in [1.165, 1.54) is 0 Å². The van der Waals surface area contributed by atoms with Crippen LogP contribution in [0.15, 0.2) is 48.5 Å². The van der Waals surface area contributed by atoms with Crippen LogP contribution in [-0.4, -0.2) is 21.9 Å². The van der Waals surface area contributed by atoms with Crippen molar-refractivity contribution < 1.29 is 18.0 Å². The van der Waals surface area contributed by atoms with Crippen LogP contribution in [0, 0.1) is 6.92 Å².